The molecular formula is C12H13NO6. The van der Waals surface area contributed by atoms with Gasteiger partial charge in [-0.05, 0) is 18.6 Å². The summed E-state index contributed by atoms with van der Waals surface area (Å²) < 4.78 is 9.68. The Morgan fingerprint density at radius 2 is 2.21 bits per heavy atom. The molecule has 7 heteroatoms. The van der Waals surface area contributed by atoms with E-state index in [4.69, 9.17) is 4.74 Å². The number of ether oxygens (including phenoxy) is 2. The molecule has 0 saturated heterocycles. The van der Waals surface area contributed by atoms with Gasteiger partial charge in [0, 0.05) is 18.1 Å². The number of aldehydes is 1. The summed E-state index contributed by atoms with van der Waals surface area (Å²) in [7, 11) is 1.28. The number of hydrogen-bond donors (Lipinski definition) is 0. The Kier molecular flexibility index (Phi) is 5.46. The van der Waals surface area contributed by atoms with E-state index in [0.29, 0.717) is 12.7 Å². The molecule has 0 unspecified atom stereocenters. The molecular weight excluding hydrogens is 254 g/mol. The van der Waals surface area contributed by atoms with Crippen molar-refractivity contribution in [3.8, 4) is 5.75 Å². The third-order valence-electron chi connectivity index (χ3n) is 2.33. The van der Waals surface area contributed by atoms with Crippen molar-refractivity contribution < 1.29 is 24.0 Å². The zero-order valence-corrected chi connectivity index (χ0v) is 10.3. The van der Waals surface area contributed by atoms with Crippen molar-refractivity contribution in [3.63, 3.8) is 0 Å². The van der Waals surface area contributed by atoms with Gasteiger partial charge in [0.1, 0.15) is 6.29 Å². The quantitative estimate of drug-likeness (QED) is 0.245. The second-order valence-electron chi connectivity index (χ2n) is 3.63. The average Bonchev–Trinajstić information content (AvgIpc) is 2.42. The first-order chi connectivity index (χ1) is 9.08. The number of nitro groups is 1. The third-order valence-corrected chi connectivity index (χ3v) is 2.33. The molecule has 0 heterocycles. The average molecular weight is 267 g/mol. The molecule has 19 heavy (non-hydrogen) atoms. The number of carbonyl (C=O) groups excluding carboxylic acids is 2. The highest BCUT2D eigenvalue weighted by atomic mass is 16.6. The molecule has 0 radical (unpaired) electrons. The molecule has 0 spiro atoms. The second-order valence-corrected chi connectivity index (χ2v) is 3.63. The lowest BCUT2D eigenvalue weighted by Gasteiger charge is -2.06. The van der Waals surface area contributed by atoms with Crippen molar-refractivity contribution >= 4 is 17.9 Å². The maximum absolute atomic E-state index is 10.9. The predicted octanol–water partition coefficient (Wildman–Crippen LogP) is 1.74. The van der Waals surface area contributed by atoms with Crippen LogP contribution in [0.4, 0.5) is 5.69 Å². The Bertz CT molecular complexity index is 485. The highest BCUT2D eigenvalue weighted by Crippen LogP contribution is 2.27. The van der Waals surface area contributed by atoms with Gasteiger partial charge in [-0.3, -0.25) is 19.7 Å². The molecule has 1 rings (SSSR count). The van der Waals surface area contributed by atoms with E-state index < -0.39 is 4.92 Å². The van der Waals surface area contributed by atoms with Crippen LogP contribution in [-0.2, 0) is 9.53 Å². The summed E-state index contributed by atoms with van der Waals surface area (Å²) in [4.78, 5) is 31.7. The lowest BCUT2D eigenvalue weighted by molar-refractivity contribution is -0.385. The van der Waals surface area contributed by atoms with Gasteiger partial charge in [-0.2, -0.15) is 0 Å². The van der Waals surface area contributed by atoms with E-state index in [1.807, 2.05) is 0 Å². The van der Waals surface area contributed by atoms with E-state index in [1.165, 1.54) is 25.3 Å². The molecule has 1 aromatic carbocycles. The van der Waals surface area contributed by atoms with E-state index in [1.54, 1.807) is 0 Å². The van der Waals surface area contributed by atoms with E-state index in [-0.39, 0.29) is 36.0 Å². The molecule has 0 atom stereocenters. The molecule has 1 aromatic rings. The fourth-order valence-electron chi connectivity index (χ4n) is 1.37. The standard InChI is InChI=1S/C12H13NO6/c1-18-12(15)3-2-6-19-11-7-9(8-14)4-5-10(11)13(16)17/h4-5,7-8H,2-3,6H2,1H3. The molecule has 0 saturated carbocycles. The van der Waals surface area contributed by atoms with Gasteiger partial charge in [0.25, 0.3) is 0 Å². The van der Waals surface area contributed by atoms with E-state index in [2.05, 4.69) is 4.74 Å². The van der Waals surface area contributed by atoms with Crippen LogP contribution < -0.4 is 4.74 Å². The summed E-state index contributed by atoms with van der Waals surface area (Å²) in [5.74, 6) is -0.362. The van der Waals surface area contributed by atoms with Crippen LogP contribution in [0.25, 0.3) is 0 Å². The zero-order chi connectivity index (χ0) is 14.3. The summed E-state index contributed by atoms with van der Waals surface area (Å²) in [5.41, 5.74) is 0.0669. The minimum atomic E-state index is -0.593. The summed E-state index contributed by atoms with van der Waals surface area (Å²) in [6.07, 6.45) is 1.11. The molecule has 0 N–H and O–H groups in total. The van der Waals surface area contributed by atoms with Crippen LogP contribution in [-0.4, -0.2) is 30.9 Å². The van der Waals surface area contributed by atoms with Crippen LogP contribution in [0, 0.1) is 10.1 Å². The first-order valence-electron chi connectivity index (χ1n) is 5.51. The predicted molar refractivity (Wildman–Crippen MR) is 65.2 cm³/mol. The van der Waals surface area contributed by atoms with Gasteiger partial charge in [0.05, 0.1) is 18.6 Å². The number of esters is 1. The van der Waals surface area contributed by atoms with E-state index in [0.717, 1.165) is 0 Å². The number of hydrogen-bond acceptors (Lipinski definition) is 6. The largest absolute Gasteiger partial charge is 0.487 e. The van der Waals surface area contributed by atoms with Crippen molar-refractivity contribution in [2.24, 2.45) is 0 Å². The van der Waals surface area contributed by atoms with Gasteiger partial charge in [0.15, 0.2) is 5.75 Å². The van der Waals surface area contributed by atoms with Gasteiger partial charge in [-0.25, -0.2) is 0 Å². The van der Waals surface area contributed by atoms with Gasteiger partial charge in [0.2, 0.25) is 0 Å². The summed E-state index contributed by atoms with van der Waals surface area (Å²) in [6.45, 7) is 0.123. The Morgan fingerprint density at radius 1 is 1.47 bits per heavy atom. The third kappa shape index (κ3) is 4.38. The van der Waals surface area contributed by atoms with Crippen molar-refractivity contribution in [2.75, 3.05) is 13.7 Å². The Balaban J connectivity index is 2.67. The normalized spacial score (nSPS) is 9.74. The molecule has 0 aliphatic carbocycles. The molecule has 0 aliphatic heterocycles. The molecule has 0 bridgehead atoms. The van der Waals surface area contributed by atoms with Crippen LogP contribution in [0.2, 0.25) is 0 Å². The van der Waals surface area contributed by atoms with Crippen molar-refractivity contribution in [2.45, 2.75) is 12.8 Å². The van der Waals surface area contributed by atoms with Crippen molar-refractivity contribution in [1.29, 1.82) is 0 Å². The molecule has 0 fully saturated rings. The van der Waals surface area contributed by atoms with Gasteiger partial charge >= 0.3 is 11.7 Å². The van der Waals surface area contributed by atoms with E-state index >= 15 is 0 Å². The maximum atomic E-state index is 10.9. The van der Waals surface area contributed by atoms with Gasteiger partial charge in [-0.15, -0.1) is 0 Å². The van der Waals surface area contributed by atoms with Crippen molar-refractivity contribution in [1.82, 2.24) is 0 Å². The topological polar surface area (TPSA) is 95.7 Å². The number of benzene rings is 1. The number of methoxy groups -OCH3 is 1. The monoisotopic (exact) mass is 267 g/mol. The Hall–Kier alpha value is -2.44. The zero-order valence-electron chi connectivity index (χ0n) is 10.3. The van der Waals surface area contributed by atoms with Crippen LogP contribution in [0.15, 0.2) is 18.2 Å². The SMILES string of the molecule is COC(=O)CCCOc1cc(C=O)ccc1[N+](=O)[O-]. The maximum Gasteiger partial charge on any atom is 0.310 e. The number of nitro benzene ring substituents is 1. The van der Waals surface area contributed by atoms with Gasteiger partial charge in [-0.1, -0.05) is 0 Å². The first-order valence-corrected chi connectivity index (χ1v) is 5.51. The molecule has 0 aliphatic rings. The minimum Gasteiger partial charge on any atom is -0.487 e. The minimum absolute atomic E-state index is 0.0134. The molecule has 0 aromatic heterocycles. The second kappa shape index (κ2) is 7.10. The number of rotatable bonds is 7. The summed E-state index contributed by atoms with van der Waals surface area (Å²) in [5, 5.41) is 10.8. The number of carbonyl (C=O) groups is 2. The Morgan fingerprint density at radius 3 is 2.79 bits per heavy atom. The summed E-state index contributed by atoms with van der Waals surface area (Å²) in [6, 6.07) is 3.84. The van der Waals surface area contributed by atoms with Crippen LogP contribution >= 0.6 is 0 Å². The van der Waals surface area contributed by atoms with Gasteiger partial charge < -0.3 is 9.47 Å². The fraction of sp³-hybridized carbons (Fsp3) is 0.333. The Labute approximate surface area is 109 Å². The van der Waals surface area contributed by atoms with E-state index in [9.17, 15) is 19.7 Å². The molecule has 102 valence electrons. The molecule has 7 nitrogen and oxygen atoms in total. The lowest BCUT2D eigenvalue weighted by Crippen LogP contribution is -2.05. The highest BCUT2D eigenvalue weighted by Gasteiger charge is 2.15. The highest BCUT2D eigenvalue weighted by molar-refractivity contribution is 5.77. The number of nitrogens with zero attached hydrogens (tertiary/aromatic N) is 1. The smallest absolute Gasteiger partial charge is 0.310 e. The lowest BCUT2D eigenvalue weighted by atomic mass is 10.2. The molecule has 0 amide bonds. The van der Waals surface area contributed by atoms with Crippen LogP contribution in [0.5, 0.6) is 5.75 Å². The fourth-order valence-corrected chi connectivity index (χ4v) is 1.37. The van der Waals surface area contributed by atoms with Crippen LogP contribution in [0.1, 0.15) is 23.2 Å². The summed E-state index contributed by atoms with van der Waals surface area (Å²) >= 11 is 0. The first kappa shape index (κ1) is 14.6. The van der Waals surface area contributed by atoms with Crippen molar-refractivity contribution in [3.05, 3.63) is 33.9 Å². The van der Waals surface area contributed by atoms with Crippen LogP contribution in [0.3, 0.4) is 0 Å².